The minimum atomic E-state index is 0. The number of allylic oxidation sites excluding steroid dienone is 2. The maximum Gasteiger partial charge on any atom is 2.00 e. The van der Waals surface area contributed by atoms with Crippen molar-refractivity contribution in [3.05, 3.63) is 102 Å². The predicted molar refractivity (Wildman–Crippen MR) is 312 cm³/mol. The SMILES string of the molecule is CCCCCc1cccc(C2=CC(C)=C(c3cccc(CCCCC)c3)[N+]2=[N-])c1.[CH2-]CCCCCCCCCCCCCCCCCCC.[CH2-]CCCCCCCCCCCCCCCCCCC.[Ni+2]. The molecule has 0 bridgehead atoms. The van der Waals surface area contributed by atoms with Crippen molar-refractivity contribution in [2.45, 2.75) is 317 Å². The van der Waals surface area contributed by atoms with Crippen LogP contribution in [0.25, 0.3) is 16.9 Å². The van der Waals surface area contributed by atoms with Gasteiger partial charge in [0.25, 0.3) is 0 Å². The molecule has 0 N–H and O–H groups in total. The molecule has 3 rings (SSSR count). The molecule has 70 heavy (non-hydrogen) atoms. The van der Waals surface area contributed by atoms with Crippen LogP contribution in [0.15, 0.2) is 60.2 Å². The van der Waals surface area contributed by atoms with Gasteiger partial charge in [0.1, 0.15) is 0 Å². The van der Waals surface area contributed by atoms with Crippen molar-refractivity contribution in [3.63, 3.8) is 0 Å². The van der Waals surface area contributed by atoms with Gasteiger partial charge in [0.05, 0.1) is 0 Å². The molecular formula is C67H116N2Ni. The molecule has 0 saturated heterocycles. The van der Waals surface area contributed by atoms with Gasteiger partial charge in [-0.3, -0.25) is 0 Å². The Hall–Kier alpha value is -1.99. The van der Waals surface area contributed by atoms with Crippen LogP contribution in [-0.4, -0.2) is 4.70 Å². The van der Waals surface area contributed by atoms with Gasteiger partial charge in [-0.1, -0.05) is 296 Å². The van der Waals surface area contributed by atoms with Crippen LogP contribution in [0, 0.1) is 13.8 Å². The van der Waals surface area contributed by atoms with Crippen molar-refractivity contribution in [2.75, 3.05) is 0 Å². The van der Waals surface area contributed by atoms with Crippen LogP contribution in [0.1, 0.15) is 327 Å². The molecule has 2 aromatic rings. The van der Waals surface area contributed by atoms with Gasteiger partial charge in [-0.25, -0.2) is 4.70 Å². The van der Waals surface area contributed by atoms with Gasteiger partial charge in [0.15, 0.2) is 0 Å². The molecule has 1 aliphatic heterocycles. The van der Waals surface area contributed by atoms with Gasteiger partial charge in [-0.05, 0) is 68.0 Å². The zero-order valence-electron chi connectivity index (χ0n) is 47.4. The maximum atomic E-state index is 11.0. The summed E-state index contributed by atoms with van der Waals surface area (Å²) >= 11 is 0. The molecule has 0 fully saturated rings. The smallest absolute Gasteiger partial charge is 0.493 e. The summed E-state index contributed by atoms with van der Waals surface area (Å²) in [6.45, 7) is 18.9. The van der Waals surface area contributed by atoms with E-state index < -0.39 is 0 Å². The fourth-order valence-electron chi connectivity index (χ4n) is 9.90. The van der Waals surface area contributed by atoms with E-state index in [2.05, 4.69) is 103 Å². The van der Waals surface area contributed by atoms with Gasteiger partial charge < -0.3 is 19.4 Å². The van der Waals surface area contributed by atoms with Crippen LogP contribution in [0.3, 0.4) is 0 Å². The van der Waals surface area contributed by atoms with Crippen molar-refractivity contribution >= 4 is 11.4 Å². The number of benzene rings is 2. The summed E-state index contributed by atoms with van der Waals surface area (Å²) < 4.78 is 1.38. The fourth-order valence-corrected chi connectivity index (χ4v) is 9.90. The van der Waals surface area contributed by atoms with Crippen LogP contribution in [0.4, 0.5) is 0 Å². The molecule has 0 saturated carbocycles. The summed E-state index contributed by atoms with van der Waals surface area (Å²) in [5, 5.41) is 0. The van der Waals surface area contributed by atoms with E-state index >= 15 is 0 Å². The Morgan fingerprint density at radius 1 is 0.371 bits per heavy atom. The van der Waals surface area contributed by atoms with Gasteiger partial charge >= 0.3 is 16.5 Å². The monoisotopic (exact) mass is 1010 g/mol. The van der Waals surface area contributed by atoms with Crippen molar-refractivity contribution in [2.24, 2.45) is 0 Å². The van der Waals surface area contributed by atoms with Crippen molar-refractivity contribution < 1.29 is 21.2 Å². The normalized spacial score (nSPS) is 12.1. The quantitative estimate of drug-likeness (QED) is 0.0274. The third-order valence-electron chi connectivity index (χ3n) is 14.4. The molecule has 2 aromatic carbocycles. The van der Waals surface area contributed by atoms with Crippen LogP contribution in [-0.2, 0) is 29.3 Å². The third kappa shape index (κ3) is 37.7. The molecule has 0 amide bonds. The van der Waals surface area contributed by atoms with E-state index in [9.17, 15) is 5.53 Å². The second-order valence-electron chi connectivity index (χ2n) is 21.2. The Morgan fingerprint density at radius 3 is 0.957 bits per heavy atom. The summed E-state index contributed by atoms with van der Waals surface area (Å²) in [6.07, 6.45) is 63.4. The first-order valence-electron chi connectivity index (χ1n) is 30.7. The first-order chi connectivity index (χ1) is 34.0. The van der Waals surface area contributed by atoms with Crippen LogP contribution >= 0.6 is 0 Å². The maximum absolute atomic E-state index is 11.0. The molecule has 0 radical (unpaired) electrons. The van der Waals surface area contributed by atoms with E-state index in [1.54, 1.807) is 0 Å². The summed E-state index contributed by atoms with van der Waals surface area (Å²) in [6, 6.07) is 17.2. The Labute approximate surface area is 449 Å². The Morgan fingerprint density at radius 2 is 0.643 bits per heavy atom. The molecule has 0 atom stereocenters. The fraction of sp³-hybridized carbons (Fsp3) is 0.731. The average molecular weight is 1010 g/mol. The van der Waals surface area contributed by atoms with Crippen LogP contribution < -0.4 is 0 Å². The number of aryl methyl sites for hydroxylation is 2. The van der Waals surface area contributed by atoms with E-state index in [0.717, 1.165) is 53.8 Å². The van der Waals surface area contributed by atoms with Gasteiger partial charge in [-0.15, -0.1) is 0 Å². The first-order valence-corrected chi connectivity index (χ1v) is 30.7. The van der Waals surface area contributed by atoms with Crippen molar-refractivity contribution in [3.8, 4) is 0 Å². The molecule has 0 aromatic heterocycles. The molecular weight excluding hydrogens is 891 g/mol. The predicted octanol–water partition coefficient (Wildman–Crippen LogP) is 23.7. The van der Waals surface area contributed by atoms with Crippen molar-refractivity contribution in [1.29, 1.82) is 0 Å². The van der Waals surface area contributed by atoms with E-state index in [-0.39, 0.29) is 16.5 Å². The molecule has 1 aliphatic rings. The number of rotatable bonds is 44. The molecule has 0 spiro atoms. The number of nitrogens with zero attached hydrogens (tertiary/aromatic N) is 2. The van der Waals surface area contributed by atoms with Gasteiger partial charge in [-0.2, -0.15) is 12.8 Å². The molecule has 404 valence electrons. The van der Waals surface area contributed by atoms with Crippen LogP contribution in [0.5, 0.6) is 0 Å². The number of hydrogen-bond acceptors (Lipinski definition) is 0. The van der Waals surface area contributed by atoms with Gasteiger partial charge in [0.2, 0.25) is 11.4 Å². The summed E-state index contributed by atoms with van der Waals surface area (Å²) in [5.74, 6) is 0. The topological polar surface area (TPSA) is 25.3 Å². The second kappa shape index (κ2) is 51.9. The third-order valence-corrected chi connectivity index (χ3v) is 14.4. The largest absolute Gasteiger partial charge is 2.00 e. The minimum Gasteiger partial charge on any atom is -0.493 e. The Bertz CT molecular complexity index is 1430. The first kappa shape index (κ1) is 68.0. The Kier molecular flexibility index (Phi) is 50.4. The molecule has 1 heterocycles. The van der Waals surface area contributed by atoms with E-state index in [1.807, 2.05) is 0 Å². The number of hydrogen-bond donors (Lipinski definition) is 0. The minimum absolute atomic E-state index is 0. The van der Waals surface area contributed by atoms with E-state index in [1.165, 1.54) is 273 Å². The standard InChI is InChI=1S/C27H34N2.2C20H41.Ni/c1-4-6-8-12-22-14-10-16-24(19-22)26-18-21(3)27(29(26)28)25-17-11-15-23(20-25)13-9-7-5-2;2*1-3-5-7-9-11-13-15-17-19-20-18-16-14-12-10-8-6-4-2;/h10-11,14-20H,4-9,12-13H2,1-3H3;2*1,3-20H2,2H3;/q;2*-1;+2. The van der Waals surface area contributed by atoms with Crippen LogP contribution in [0.2, 0.25) is 0 Å². The zero-order chi connectivity index (χ0) is 50.1. The zero-order valence-corrected chi connectivity index (χ0v) is 48.4. The molecule has 0 aliphatic carbocycles. The summed E-state index contributed by atoms with van der Waals surface area (Å²) in [7, 11) is 0. The molecule has 3 heteroatoms. The Balaban J connectivity index is 0.00000105. The molecule has 0 unspecified atom stereocenters. The van der Waals surface area contributed by atoms with Gasteiger partial charge in [0, 0.05) is 22.8 Å². The average Bonchev–Trinajstić information content (AvgIpc) is 3.67. The van der Waals surface area contributed by atoms with E-state index in [4.69, 9.17) is 0 Å². The summed E-state index contributed by atoms with van der Waals surface area (Å²) in [4.78, 5) is 0. The second-order valence-corrected chi connectivity index (χ2v) is 21.2. The van der Waals surface area contributed by atoms with Crippen molar-refractivity contribution in [1.82, 2.24) is 0 Å². The van der Waals surface area contributed by atoms with E-state index in [0.29, 0.717) is 0 Å². The molecule has 2 nitrogen and oxygen atoms in total. The number of unbranched alkanes of at least 4 members (excludes halogenated alkanes) is 38. The summed E-state index contributed by atoms with van der Waals surface area (Å²) in [5.41, 5.74) is 18.8.